The van der Waals surface area contributed by atoms with E-state index in [-0.39, 0.29) is 5.41 Å². The van der Waals surface area contributed by atoms with Crippen LogP contribution >= 0.6 is 0 Å². The van der Waals surface area contributed by atoms with E-state index >= 15 is 0 Å². The first kappa shape index (κ1) is 13.4. The van der Waals surface area contributed by atoms with E-state index in [1.165, 1.54) is 5.56 Å². The molecular formula is C16H20N2O. The molecular weight excluding hydrogens is 236 g/mol. The van der Waals surface area contributed by atoms with Crippen LogP contribution in [0.5, 0.6) is 11.6 Å². The molecule has 0 saturated heterocycles. The summed E-state index contributed by atoms with van der Waals surface area (Å²) in [5.41, 5.74) is 8.80. The van der Waals surface area contributed by atoms with Gasteiger partial charge < -0.3 is 10.5 Å². The third-order valence-electron chi connectivity index (χ3n) is 3.14. The van der Waals surface area contributed by atoms with Crippen molar-refractivity contribution in [2.75, 3.05) is 5.73 Å². The van der Waals surface area contributed by atoms with Crippen LogP contribution in [0.2, 0.25) is 0 Å². The molecule has 1 aromatic heterocycles. The zero-order valence-corrected chi connectivity index (χ0v) is 11.9. The highest BCUT2D eigenvalue weighted by atomic mass is 16.5. The minimum Gasteiger partial charge on any atom is -0.439 e. The van der Waals surface area contributed by atoms with E-state index in [4.69, 9.17) is 10.5 Å². The third kappa shape index (κ3) is 3.05. The number of anilines is 1. The van der Waals surface area contributed by atoms with Crippen molar-refractivity contribution in [1.82, 2.24) is 4.98 Å². The predicted octanol–water partition coefficient (Wildman–Crippen LogP) is 4.06. The average molecular weight is 256 g/mol. The molecule has 0 spiro atoms. The number of pyridine rings is 1. The molecule has 0 bridgehead atoms. The highest BCUT2D eigenvalue weighted by Gasteiger charge is 2.14. The summed E-state index contributed by atoms with van der Waals surface area (Å²) >= 11 is 0. The van der Waals surface area contributed by atoms with Gasteiger partial charge in [0.2, 0.25) is 5.88 Å². The molecule has 3 nitrogen and oxygen atoms in total. The first-order valence-electron chi connectivity index (χ1n) is 6.37. The molecule has 0 atom stereocenters. The topological polar surface area (TPSA) is 48.1 Å². The highest BCUT2D eigenvalue weighted by molar-refractivity contribution is 5.53. The van der Waals surface area contributed by atoms with Crippen LogP contribution in [0.4, 0.5) is 5.69 Å². The third-order valence-corrected chi connectivity index (χ3v) is 3.14. The van der Waals surface area contributed by atoms with Gasteiger partial charge >= 0.3 is 0 Å². The van der Waals surface area contributed by atoms with Crippen molar-refractivity contribution in [3.63, 3.8) is 0 Å². The van der Waals surface area contributed by atoms with Crippen LogP contribution in [0.25, 0.3) is 0 Å². The van der Waals surface area contributed by atoms with Gasteiger partial charge in [-0.3, -0.25) is 0 Å². The second-order valence-corrected chi connectivity index (χ2v) is 5.71. The van der Waals surface area contributed by atoms with E-state index in [0.29, 0.717) is 5.88 Å². The second kappa shape index (κ2) is 4.92. The molecule has 1 heterocycles. The van der Waals surface area contributed by atoms with Gasteiger partial charge in [-0.2, -0.15) is 0 Å². The van der Waals surface area contributed by atoms with Gasteiger partial charge in [-0.05, 0) is 30.0 Å². The number of hydrogen-bond donors (Lipinski definition) is 1. The number of ether oxygens (including phenoxy) is 1. The van der Waals surface area contributed by atoms with E-state index in [2.05, 4.69) is 25.8 Å². The summed E-state index contributed by atoms with van der Waals surface area (Å²) < 4.78 is 5.77. The fraction of sp³-hybridized carbons (Fsp3) is 0.312. The zero-order chi connectivity index (χ0) is 14.0. The van der Waals surface area contributed by atoms with E-state index in [1.807, 2.05) is 43.5 Å². The monoisotopic (exact) mass is 256 g/mol. The Morgan fingerprint density at radius 3 is 2.42 bits per heavy atom. The van der Waals surface area contributed by atoms with Gasteiger partial charge in [0.1, 0.15) is 5.75 Å². The maximum atomic E-state index is 5.86. The molecule has 100 valence electrons. The molecule has 0 aliphatic rings. The van der Waals surface area contributed by atoms with Gasteiger partial charge in [0.15, 0.2) is 0 Å². The molecule has 1 aromatic carbocycles. The Kier molecular flexibility index (Phi) is 3.47. The summed E-state index contributed by atoms with van der Waals surface area (Å²) in [6, 6.07) is 9.57. The van der Waals surface area contributed by atoms with Crippen LogP contribution < -0.4 is 10.5 Å². The van der Waals surface area contributed by atoms with Crippen LogP contribution in [0.15, 0.2) is 36.5 Å². The summed E-state index contributed by atoms with van der Waals surface area (Å²) in [7, 11) is 0. The average Bonchev–Trinajstić information content (AvgIpc) is 2.35. The van der Waals surface area contributed by atoms with Gasteiger partial charge in [-0.1, -0.05) is 32.9 Å². The summed E-state index contributed by atoms with van der Waals surface area (Å²) in [4.78, 5) is 4.35. The smallest absolute Gasteiger partial charge is 0.219 e. The molecule has 0 radical (unpaired) electrons. The van der Waals surface area contributed by atoms with Crippen molar-refractivity contribution in [2.24, 2.45) is 0 Å². The van der Waals surface area contributed by atoms with Crippen LogP contribution in [0.1, 0.15) is 31.9 Å². The summed E-state index contributed by atoms with van der Waals surface area (Å²) in [6.45, 7) is 8.42. The normalized spacial score (nSPS) is 11.4. The number of benzene rings is 1. The zero-order valence-electron chi connectivity index (χ0n) is 11.9. The Morgan fingerprint density at radius 1 is 1.11 bits per heavy atom. The fourth-order valence-corrected chi connectivity index (χ4v) is 1.74. The van der Waals surface area contributed by atoms with Crippen LogP contribution in [0.3, 0.4) is 0 Å². The van der Waals surface area contributed by atoms with E-state index in [9.17, 15) is 0 Å². The first-order valence-corrected chi connectivity index (χ1v) is 6.37. The summed E-state index contributed by atoms with van der Waals surface area (Å²) in [5.74, 6) is 1.33. The van der Waals surface area contributed by atoms with Gasteiger partial charge in [0, 0.05) is 23.5 Å². The lowest BCUT2D eigenvalue weighted by Crippen LogP contribution is -2.11. The van der Waals surface area contributed by atoms with Crippen LogP contribution in [0, 0.1) is 6.92 Å². The standard InChI is InChI=1S/C16H20N2O/c1-11-13(17)6-5-7-14(11)19-15-9-8-12(10-18-15)16(2,3)4/h5-10H,17H2,1-4H3. The largest absolute Gasteiger partial charge is 0.439 e. The minimum absolute atomic E-state index is 0.0959. The van der Waals surface area contributed by atoms with Gasteiger partial charge in [-0.25, -0.2) is 4.98 Å². The molecule has 0 fully saturated rings. The lowest BCUT2D eigenvalue weighted by Gasteiger charge is -2.18. The van der Waals surface area contributed by atoms with Crippen molar-refractivity contribution < 1.29 is 4.74 Å². The lowest BCUT2D eigenvalue weighted by molar-refractivity contribution is 0.458. The maximum absolute atomic E-state index is 5.86. The Labute approximate surface area is 114 Å². The van der Waals surface area contributed by atoms with Crippen molar-refractivity contribution in [1.29, 1.82) is 0 Å². The summed E-state index contributed by atoms with van der Waals surface area (Å²) in [6.07, 6.45) is 1.86. The van der Waals surface area contributed by atoms with E-state index < -0.39 is 0 Å². The van der Waals surface area contributed by atoms with Crippen molar-refractivity contribution >= 4 is 5.69 Å². The van der Waals surface area contributed by atoms with Crippen LogP contribution in [-0.2, 0) is 5.41 Å². The highest BCUT2D eigenvalue weighted by Crippen LogP contribution is 2.28. The number of nitrogens with two attached hydrogens (primary N) is 1. The maximum Gasteiger partial charge on any atom is 0.219 e. The van der Waals surface area contributed by atoms with E-state index in [1.54, 1.807) is 0 Å². The summed E-state index contributed by atoms with van der Waals surface area (Å²) in [5, 5.41) is 0. The van der Waals surface area contributed by atoms with Gasteiger partial charge in [0.25, 0.3) is 0 Å². The van der Waals surface area contributed by atoms with Gasteiger partial charge in [-0.15, -0.1) is 0 Å². The van der Waals surface area contributed by atoms with E-state index in [0.717, 1.165) is 17.0 Å². The minimum atomic E-state index is 0.0959. The Morgan fingerprint density at radius 2 is 1.84 bits per heavy atom. The first-order chi connectivity index (χ1) is 8.88. The molecule has 19 heavy (non-hydrogen) atoms. The molecule has 2 aromatic rings. The molecule has 0 amide bonds. The Balaban J connectivity index is 2.23. The van der Waals surface area contributed by atoms with Crippen molar-refractivity contribution in [2.45, 2.75) is 33.1 Å². The molecule has 0 unspecified atom stereocenters. The number of nitrogens with zero attached hydrogens (tertiary/aromatic N) is 1. The predicted molar refractivity (Wildman–Crippen MR) is 78.6 cm³/mol. The Bertz CT molecular complexity index is 568. The fourth-order valence-electron chi connectivity index (χ4n) is 1.74. The Hall–Kier alpha value is -2.03. The number of aromatic nitrogens is 1. The molecule has 0 aliphatic heterocycles. The quantitative estimate of drug-likeness (QED) is 0.824. The SMILES string of the molecule is Cc1c(N)cccc1Oc1ccc(C(C)(C)C)cn1. The number of rotatable bonds is 2. The number of hydrogen-bond acceptors (Lipinski definition) is 3. The van der Waals surface area contributed by atoms with Crippen LogP contribution in [-0.4, -0.2) is 4.98 Å². The molecule has 0 saturated carbocycles. The van der Waals surface area contributed by atoms with Gasteiger partial charge in [0.05, 0.1) is 0 Å². The second-order valence-electron chi connectivity index (χ2n) is 5.71. The molecule has 2 N–H and O–H groups in total. The molecule has 2 rings (SSSR count). The molecule has 0 aliphatic carbocycles. The van der Waals surface area contributed by atoms with Crippen molar-refractivity contribution in [3.8, 4) is 11.6 Å². The number of nitrogen functional groups attached to an aromatic ring is 1. The lowest BCUT2D eigenvalue weighted by atomic mass is 9.88. The molecule has 3 heteroatoms. The van der Waals surface area contributed by atoms with Crippen molar-refractivity contribution in [3.05, 3.63) is 47.7 Å².